The van der Waals surface area contributed by atoms with Crippen molar-refractivity contribution in [2.45, 2.75) is 53.2 Å². The minimum atomic E-state index is 0.478. The van der Waals surface area contributed by atoms with Crippen molar-refractivity contribution in [3.05, 3.63) is 28.8 Å². The average Bonchev–Trinajstić information content (AvgIpc) is 2.28. The van der Waals surface area contributed by atoms with Crippen LogP contribution in [-0.4, -0.2) is 18.6 Å². The van der Waals surface area contributed by atoms with Crippen molar-refractivity contribution in [3.63, 3.8) is 0 Å². The van der Waals surface area contributed by atoms with E-state index in [0.717, 1.165) is 18.1 Å². The van der Waals surface area contributed by atoms with E-state index in [1.54, 1.807) is 0 Å². The van der Waals surface area contributed by atoms with E-state index in [4.69, 9.17) is 11.6 Å². The molecule has 1 N–H and O–H groups in total. The fourth-order valence-corrected chi connectivity index (χ4v) is 2.25. The highest BCUT2D eigenvalue weighted by atomic mass is 35.5. The molecule has 0 spiro atoms. The fourth-order valence-electron chi connectivity index (χ4n) is 2.08. The molecule has 0 amide bonds. The van der Waals surface area contributed by atoms with Crippen molar-refractivity contribution in [3.8, 4) is 0 Å². The van der Waals surface area contributed by atoms with Gasteiger partial charge in [-0.2, -0.15) is 0 Å². The second-order valence-corrected chi connectivity index (χ2v) is 5.62. The Morgan fingerprint density at radius 1 is 1.22 bits per heavy atom. The summed E-state index contributed by atoms with van der Waals surface area (Å²) in [6.45, 7) is 12.8. The van der Waals surface area contributed by atoms with Gasteiger partial charge in [-0.3, -0.25) is 0 Å². The molecule has 0 fully saturated rings. The van der Waals surface area contributed by atoms with E-state index in [1.165, 1.54) is 11.3 Å². The van der Waals surface area contributed by atoms with E-state index in [2.05, 4.69) is 57.0 Å². The zero-order valence-electron chi connectivity index (χ0n) is 12.1. The Morgan fingerprint density at radius 3 is 2.39 bits per heavy atom. The first-order valence-corrected chi connectivity index (χ1v) is 7.12. The lowest BCUT2D eigenvalue weighted by Gasteiger charge is -2.30. The smallest absolute Gasteiger partial charge is 0.0428 e. The van der Waals surface area contributed by atoms with Crippen LogP contribution in [-0.2, 0) is 6.54 Å². The Labute approximate surface area is 116 Å². The van der Waals surface area contributed by atoms with Gasteiger partial charge in [0.05, 0.1) is 0 Å². The van der Waals surface area contributed by atoms with Gasteiger partial charge in [0.15, 0.2) is 0 Å². The second kappa shape index (κ2) is 7.01. The van der Waals surface area contributed by atoms with Gasteiger partial charge in [0, 0.05) is 35.9 Å². The molecule has 18 heavy (non-hydrogen) atoms. The number of nitrogens with zero attached hydrogens (tertiary/aromatic N) is 1. The summed E-state index contributed by atoms with van der Waals surface area (Å²) in [6, 6.07) is 7.13. The largest absolute Gasteiger partial charge is 0.369 e. The Morgan fingerprint density at radius 2 is 1.89 bits per heavy atom. The Kier molecular flexibility index (Phi) is 5.97. The summed E-state index contributed by atoms with van der Waals surface area (Å²) in [7, 11) is 0. The SMILES string of the molecule is CCN(c1cc(Cl)ccc1CNC(C)C)C(C)C. The minimum Gasteiger partial charge on any atom is -0.369 e. The molecular weight excluding hydrogens is 244 g/mol. The molecule has 0 heterocycles. The lowest BCUT2D eigenvalue weighted by Crippen LogP contribution is -2.32. The highest BCUT2D eigenvalue weighted by Crippen LogP contribution is 2.26. The van der Waals surface area contributed by atoms with Gasteiger partial charge >= 0.3 is 0 Å². The van der Waals surface area contributed by atoms with Gasteiger partial charge in [-0.1, -0.05) is 31.5 Å². The van der Waals surface area contributed by atoms with Crippen LogP contribution < -0.4 is 10.2 Å². The van der Waals surface area contributed by atoms with Crippen molar-refractivity contribution in [2.24, 2.45) is 0 Å². The van der Waals surface area contributed by atoms with Crippen LogP contribution in [0.15, 0.2) is 18.2 Å². The van der Waals surface area contributed by atoms with Crippen LogP contribution in [0.1, 0.15) is 40.2 Å². The summed E-state index contributed by atoms with van der Waals surface area (Å²) in [5, 5.41) is 4.27. The zero-order valence-corrected chi connectivity index (χ0v) is 12.9. The van der Waals surface area contributed by atoms with E-state index < -0.39 is 0 Å². The second-order valence-electron chi connectivity index (χ2n) is 5.19. The number of nitrogens with one attached hydrogen (secondary N) is 1. The Balaban J connectivity index is 3.02. The van der Waals surface area contributed by atoms with Crippen molar-refractivity contribution >= 4 is 17.3 Å². The first kappa shape index (κ1) is 15.3. The van der Waals surface area contributed by atoms with Gasteiger partial charge in [-0.05, 0) is 38.5 Å². The molecule has 0 atom stereocenters. The Hall–Kier alpha value is -0.730. The molecular formula is C15H25ClN2. The third-order valence-corrected chi connectivity index (χ3v) is 3.26. The summed E-state index contributed by atoms with van der Waals surface area (Å²) < 4.78 is 0. The van der Waals surface area contributed by atoms with Gasteiger partial charge in [0.1, 0.15) is 0 Å². The van der Waals surface area contributed by atoms with Crippen molar-refractivity contribution < 1.29 is 0 Å². The average molecular weight is 269 g/mol. The van der Waals surface area contributed by atoms with Crippen LogP contribution in [0.4, 0.5) is 5.69 Å². The normalized spacial score (nSPS) is 11.3. The molecule has 1 aromatic carbocycles. The molecule has 0 saturated heterocycles. The quantitative estimate of drug-likeness (QED) is 0.837. The van der Waals surface area contributed by atoms with Crippen molar-refractivity contribution in [1.82, 2.24) is 5.32 Å². The lowest BCUT2D eigenvalue weighted by molar-refractivity contribution is 0.586. The van der Waals surface area contributed by atoms with E-state index in [-0.39, 0.29) is 0 Å². The minimum absolute atomic E-state index is 0.478. The molecule has 2 nitrogen and oxygen atoms in total. The molecule has 102 valence electrons. The monoisotopic (exact) mass is 268 g/mol. The third kappa shape index (κ3) is 4.18. The van der Waals surface area contributed by atoms with Crippen LogP contribution in [0.3, 0.4) is 0 Å². The van der Waals surface area contributed by atoms with Gasteiger partial charge in [0.25, 0.3) is 0 Å². The summed E-state index contributed by atoms with van der Waals surface area (Å²) in [6.07, 6.45) is 0. The molecule has 0 aliphatic rings. The van der Waals surface area contributed by atoms with Gasteiger partial charge in [0.2, 0.25) is 0 Å². The first-order chi connectivity index (χ1) is 8.45. The fraction of sp³-hybridized carbons (Fsp3) is 0.600. The molecule has 1 aromatic rings. The standard InChI is InChI=1S/C15H25ClN2/c1-6-18(12(4)5)15-9-14(16)8-7-13(15)10-17-11(2)3/h7-9,11-12,17H,6,10H2,1-5H3. The molecule has 0 saturated carbocycles. The molecule has 0 bridgehead atoms. The van der Waals surface area contributed by atoms with Crippen LogP contribution in [0.2, 0.25) is 5.02 Å². The lowest BCUT2D eigenvalue weighted by atomic mass is 10.1. The summed E-state index contributed by atoms with van der Waals surface area (Å²) in [5.41, 5.74) is 2.55. The number of rotatable bonds is 6. The molecule has 0 radical (unpaired) electrons. The van der Waals surface area contributed by atoms with Gasteiger partial charge in [-0.25, -0.2) is 0 Å². The molecule has 0 aromatic heterocycles. The predicted octanol–water partition coefficient (Wildman–Crippen LogP) is 4.07. The highest BCUT2D eigenvalue weighted by Gasteiger charge is 2.13. The maximum atomic E-state index is 6.14. The van der Waals surface area contributed by atoms with Crippen LogP contribution in [0.25, 0.3) is 0 Å². The number of halogens is 1. The van der Waals surface area contributed by atoms with Gasteiger partial charge < -0.3 is 10.2 Å². The van der Waals surface area contributed by atoms with Crippen molar-refractivity contribution in [2.75, 3.05) is 11.4 Å². The summed E-state index contributed by atoms with van der Waals surface area (Å²) >= 11 is 6.14. The molecule has 0 unspecified atom stereocenters. The Bertz CT molecular complexity index is 375. The molecule has 0 aliphatic carbocycles. The number of benzene rings is 1. The zero-order chi connectivity index (χ0) is 13.7. The van der Waals surface area contributed by atoms with E-state index in [0.29, 0.717) is 12.1 Å². The predicted molar refractivity (Wildman–Crippen MR) is 81.6 cm³/mol. The molecule has 0 aliphatic heterocycles. The first-order valence-electron chi connectivity index (χ1n) is 6.74. The van der Waals surface area contributed by atoms with Crippen LogP contribution in [0, 0.1) is 0 Å². The van der Waals surface area contributed by atoms with Crippen molar-refractivity contribution in [1.29, 1.82) is 0 Å². The molecule has 3 heteroatoms. The van der Waals surface area contributed by atoms with Gasteiger partial charge in [-0.15, -0.1) is 0 Å². The maximum absolute atomic E-state index is 6.14. The highest BCUT2D eigenvalue weighted by molar-refractivity contribution is 6.30. The van der Waals surface area contributed by atoms with E-state index in [1.807, 2.05) is 6.07 Å². The number of hydrogen-bond donors (Lipinski definition) is 1. The van der Waals surface area contributed by atoms with Crippen LogP contribution >= 0.6 is 11.6 Å². The van der Waals surface area contributed by atoms with E-state index >= 15 is 0 Å². The summed E-state index contributed by atoms with van der Waals surface area (Å²) in [5.74, 6) is 0. The maximum Gasteiger partial charge on any atom is 0.0428 e. The van der Waals surface area contributed by atoms with E-state index in [9.17, 15) is 0 Å². The number of anilines is 1. The molecule has 1 rings (SSSR count). The topological polar surface area (TPSA) is 15.3 Å². The number of hydrogen-bond acceptors (Lipinski definition) is 2. The third-order valence-electron chi connectivity index (χ3n) is 3.02. The van der Waals surface area contributed by atoms with Crippen LogP contribution in [0.5, 0.6) is 0 Å². The summed E-state index contributed by atoms with van der Waals surface area (Å²) in [4.78, 5) is 2.38.